The van der Waals surface area contributed by atoms with Crippen molar-refractivity contribution in [2.24, 2.45) is 0 Å². The average molecular weight is 312 g/mol. The van der Waals surface area contributed by atoms with Gasteiger partial charge in [0.2, 0.25) is 5.91 Å². The number of carbonyl (C=O) groups excluding carboxylic acids is 1. The Morgan fingerprint density at radius 3 is 2.57 bits per heavy atom. The minimum Gasteiger partial charge on any atom is -0.480 e. The molecule has 112 valence electrons. The molecule has 0 aromatic heterocycles. The smallest absolute Gasteiger partial charge is 0.329 e. The molecule has 0 spiro atoms. The summed E-state index contributed by atoms with van der Waals surface area (Å²) in [7, 11) is 0. The third kappa shape index (κ3) is 3.61. The topological polar surface area (TPSA) is 66.4 Å². The molecule has 0 saturated heterocycles. The van der Waals surface area contributed by atoms with Crippen LogP contribution in [0.2, 0.25) is 5.02 Å². The fraction of sp³-hybridized carbons (Fsp3) is 0.333. The number of hydrogen-bond acceptors (Lipinski definition) is 2. The Morgan fingerprint density at radius 2 is 2.00 bits per heavy atom. The number of halogens is 2. The quantitative estimate of drug-likeness (QED) is 0.840. The van der Waals surface area contributed by atoms with E-state index >= 15 is 0 Å². The molecule has 1 amide bonds. The van der Waals surface area contributed by atoms with E-state index in [1.165, 1.54) is 30.4 Å². The first-order valence-corrected chi connectivity index (χ1v) is 6.99. The standard InChI is InChI=1S/C15H15ClFNO3/c16-11-9-10(3-5-12(11)17)4-6-13(19)18-15(14(20)21)7-1-2-8-15/h3-6,9H,1-2,7-8H2,(H,18,19)(H,20,21)/b6-4+. The lowest BCUT2D eigenvalue weighted by Gasteiger charge is -2.24. The van der Waals surface area contributed by atoms with Gasteiger partial charge in [0.15, 0.2) is 0 Å². The minimum absolute atomic E-state index is 0.0321. The second kappa shape index (κ2) is 6.26. The predicted octanol–water partition coefficient (Wildman–Crippen LogP) is 3.01. The van der Waals surface area contributed by atoms with Gasteiger partial charge in [-0.05, 0) is 36.6 Å². The summed E-state index contributed by atoms with van der Waals surface area (Å²) in [5.41, 5.74) is -0.602. The monoisotopic (exact) mass is 311 g/mol. The molecule has 0 atom stereocenters. The Bertz CT molecular complexity index is 595. The summed E-state index contributed by atoms with van der Waals surface area (Å²) in [6, 6.07) is 4.08. The van der Waals surface area contributed by atoms with Gasteiger partial charge in [-0.2, -0.15) is 0 Å². The van der Waals surface area contributed by atoms with Crippen molar-refractivity contribution in [3.8, 4) is 0 Å². The second-order valence-electron chi connectivity index (χ2n) is 5.09. The lowest BCUT2D eigenvalue weighted by atomic mass is 9.98. The van der Waals surface area contributed by atoms with Crippen LogP contribution < -0.4 is 5.32 Å². The third-order valence-corrected chi connectivity index (χ3v) is 3.89. The van der Waals surface area contributed by atoms with Crippen LogP contribution in [0.15, 0.2) is 24.3 Å². The number of amides is 1. The zero-order valence-electron chi connectivity index (χ0n) is 11.2. The number of carbonyl (C=O) groups is 2. The Hall–Kier alpha value is -1.88. The van der Waals surface area contributed by atoms with Gasteiger partial charge in [0.1, 0.15) is 11.4 Å². The highest BCUT2D eigenvalue weighted by molar-refractivity contribution is 6.30. The van der Waals surface area contributed by atoms with Crippen molar-refractivity contribution in [1.29, 1.82) is 0 Å². The summed E-state index contributed by atoms with van der Waals surface area (Å²) in [4.78, 5) is 23.2. The van der Waals surface area contributed by atoms with Gasteiger partial charge in [-0.1, -0.05) is 30.5 Å². The SMILES string of the molecule is O=C(/C=C/c1ccc(F)c(Cl)c1)NC1(C(=O)O)CCCC1. The highest BCUT2D eigenvalue weighted by atomic mass is 35.5. The van der Waals surface area contributed by atoms with Crippen molar-refractivity contribution in [2.75, 3.05) is 0 Å². The summed E-state index contributed by atoms with van der Waals surface area (Å²) < 4.78 is 13.0. The van der Waals surface area contributed by atoms with Crippen molar-refractivity contribution >= 4 is 29.6 Å². The zero-order valence-corrected chi connectivity index (χ0v) is 12.0. The van der Waals surface area contributed by atoms with Gasteiger partial charge >= 0.3 is 5.97 Å². The lowest BCUT2D eigenvalue weighted by Crippen LogP contribution is -2.52. The molecule has 0 unspecified atom stereocenters. The minimum atomic E-state index is -1.16. The molecule has 1 aromatic rings. The number of carboxylic acids is 1. The molecule has 1 fully saturated rings. The average Bonchev–Trinajstić information content (AvgIpc) is 2.90. The van der Waals surface area contributed by atoms with E-state index < -0.39 is 23.2 Å². The van der Waals surface area contributed by atoms with E-state index in [1.54, 1.807) is 0 Å². The van der Waals surface area contributed by atoms with Crippen LogP contribution in [-0.4, -0.2) is 22.5 Å². The van der Waals surface area contributed by atoms with Gasteiger partial charge in [0.25, 0.3) is 0 Å². The molecular weight excluding hydrogens is 297 g/mol. The van der Waals surface area contributed by atoms with E-state index in [0.717, 1.165) is 12.8 Å². The number of hydrogen-bond donors (Lipinski definition) is 2. The summed E-state index contributed by atoms with van der Waals surface area (Å²) in [5, 5.41) is 11.8. The van der Waals surface area contributed by atoms with Crippen LogP contribution in [0.4, 0.5) is 4.39 Å². The molecule has 21 heavy (non-hydrogen) atoms. The summed E-state index contributed by atoms with van der Waals surface area (Å²) >= 11 is 5.64. The van der Waals surface area contributed by atoms with Gasteiger partial charge in [0.05, 0.1) is 5.02 Å². The third-order valence-electron chi connectivity index (χ3n) is 3.60. The first kappa shape index (κ1) is 15.5. The van der Waals surface area contributed by atoms with Crippen molar-refractivity contribution in [2.45, 2.75) is 31.2 Å². The molecule has 0 radical (unpaired) electrons. The molecule has 1 aliphatic carbocycles. The lowest BCUT2D eigenvalue weighted by molar-refractivity contribution is -0.146. The largest absolute Gasteiger partial charge is 0.480 e. The maximum atomic E-state index is 13.0. The highest BCUT2D eigenvalue weighted by Crippen LogP contribution is 2.29. The zero-order chi connectivity index (χ0) is 15.5. The number of aliphatic carboxylic acids is 1. The first-order chi connectivity index (χ1) is 9.93. The predicted molar refractivity (Wildman–Crippen MR) is 77.4 cm³/mol. The first-order valence-electron chi connectivity index (χ1n) is 6.62. The Morgan fingerprint density at radius 1 is 1.33 bits per heavy atom. The van der Waals surface area contributed by atoms with E-state index in [0.29, 0.717) is 18.4 Å². The van der Waals surface area contributed by atoms with E-state index in [2.05, 4.69) is 5.32 Å². The van der Waals surface area contributed by atoms with Crippen molar-refractivity contribution in [1.82, 2.24) is 5.32 Å². The van der Waals surface area contributed by atoms with E-state index in [9.17, 15) is 19.1 Å². The maximum absolute atomic E-state index is 13.0. The Kier molecular flexibility index (Phi) is 4.63. The van der Waals surface area contributed by atoms with Crippen LogP contribution in [0.3, 0.4) is 0 Å². The molecule has 1 saturated carbocycles. The number of benzene rings is 1. The van der Waals surface area contributed by atoms with Crippen LogP contribution >= 0.6 is 11.6 Å². The normalized spacial score (nSPS) is 17.0. The molecule has 0 aliphatic heterocycles. The second-order valence-corrected chi connectivity index (χ2v) is 5.50. The molecule has 1 aromatic carbocycles. The maximum Gasteiger partial charge on any atom is 0.329 e. The molecule has 2 rings (SSSR count). The number of rotatable bonds is 4. The van der Waals surface area contributed by atoms with Crippen molar-refractivity contribution < 1.29 is 19.1 Å². The van der Waals surface area contributed by atoms with E-state index in [-0.39, 0.29) is 5.02 Å². The molecule has 0 heterocycles. The summed E-state index contributed by atoms with van der Waals surface area (Å²) in [6.07, 6.45) is 5.13. The molecule has 2 N–H and O–H groups in total. The highest BCUT2D eigenvalue weighted by Gasteiger charge is 2.42. The van der Waals surface area contributed by atoms with Crippen molar-refractivity contribution in [3.05, 3.63) is 40.7 Å². The fourth-order valence-electron chi connectivity index (χ4n) is 2.44. The van der Waals surface area contributed by atoms with Gasteiger partial charge in [0, 0.05) is 6.08 Å². The van der Waals surface area contributed by atoms with Crippen LogP contribution in [-0.2, 0) is 9.59 Å². The fourth-order valence-corrected chi connectivity index (χ4v) is 2.63. The molecule has 0 bridgehead atoms. The molecular formula is C15H15ClFNO3. The van der Waals surface area contributed by atoms with Gasteiger partial charge in [-0.15, -0.1) is 0 Å². The number of carboxylic acid groups (broad SMARTS) is 1. The van der Waals surface area contributed by atoms with Gasteiger partial charge in [-0.3, -0.25) is 4.79 Å². The van der Waals surface area contributed by atoms with E-state index in [1.807, 2.05) is 0 Å². The summed E-state index contributed by atoms with van der Waals surface area (Å²) in [6.45, 7) is 0. The molecule has 1 aliphatic rings. The molecule has 4 nitrogen and oxygen atoms in total. The van der Waals surface area contributed by atoms with Gasteiger partial charge in [-0.25, -0.2) is 9.18 Å². The van der Waals surface area contributed by atoms with Gasteiger partial charge < -0.3 is 10.4 Å². The van der Waals surface area contributed by atoms with E-state index in [4.69, 9.17) is 11.6 Å². The van der Waals surface area contributed by atoms with Crippen LogP contribution in [0.5, 0.6) is 0 Å². The Balaban J connectivity index is 2.05. The summed E-state index contributed by atoms with van der Waals surface area (Å²) in [5.74, 6) is -2.03. The van der Waals surface area contributed by atoms with Crippen molar-refractivity contribution in [3.63, 3.8) is 0 Å². The van der Waals surface area contributed by atoms with Crippen LogP contribution in [0.1, 0.15) is 31.2 Å². The van der Waals surface area contributed by atoms with Crippen LogP contribution in [0, 0.1) is 5.82 Å². The Labute approximate surface area is 126 Å². The van der Waals surface area contributed by atoms with Crippen LogP contribution in [0.25, 0.3) is 6.08 Å². The number of nitrogens with one attached hydrogen (secondary N) is 1. The molecule has 6 heteroatoms.